The molecule has 0 aliphatic heterocycles. The van der Waals surface area contributed by atoms with Crippen molar-refractivity contribution in [3.63, 3.8) is 0 Å². The number of hydrogen-bond acceptors (Lipinski definition) is 2. The molecule has 3 aromatic rings. The third-order valence-corrected chi connectivity index (χ3v) is 4.80. The SMILES string of the molecule is C=C(N)C1CC1Cc1ccc(Oc2cccc3ccccc23)cc1. The fraction of sp³-hybridized carbons (Fsp3) is 0.182. The molecular weight excluding hydrogens is 294 g/mol. The van der Waals surface area contributed by atoms with Gasteiger partial charge >= 0.3 is 0 Å². The Balaban J connectivity index is 1.48. The van der Waals surface area contributed by atoms with Crippen molar-refractivity contribution in [1.29, 1.82) is 0 Å². The summed E-state index contributed by atoms with van der Waals surface area (Å²) in [6.07, 6.45) is 2.24. The zero-order valence-electron chi connectivity index (χ0n) is 13.6. The molecule has 4 rings (SSSR count). The van der Waals surface area contributed by atoms with Crippen molar-refractivity contribution in [3.8, 4) is 11.5 Å². The summed E-state index contributed by atoms with van der Waals surface area (Å²) in [6, 6.07) is 22.8. The number of hydrogen-bond donors (Lipinski definition) is 1. The highest BCUT2D eigenvalue weighted by Crippen LogP contribution is 2.44. The van der Waals surface area contributed by atoms with Crippen LogP contribution in [0, 0.1) is 11.8 Å². The lowest BCUT2D eigenvalue weighted by molar-refractivity contribution is 0.488. The standard InChI is InChI=1S/C22H21NO/c1-15(23)21-14-18(21)13-16-9-11-19(12-10-16)24-22-8-4-6-17-5-2-3-7-20(17)22/h2-12,18,21H,1,13-14,23H2. The molecule has 1 aliphatic carbocycles. The van der Waals surface area contributed by atoms with Gasteiger partial charge in [0.1, 0.15) is 11.5 Å². The lowest BCUT2D eigenvalue weighted by Crippen LogP contribution is -2.00. The molecule has 2 nitrogen and oxygen atoms in total. The fourth-order valence-electron chi connectivity index (χ4n) is 3.34. The van der Waals surface area contributed by atoms with E-state index in [1.54, 1.807) is 0 Å². The van der Waals surface area contributed by atoms with Gasteiger partial charge in [-0.2, -0.15) is 0 Å². The van der Waals surface area contributed by atoms with Gasteiger partial charge in [0, 0.05) is 17.0 Å². The van der Waals surface area contributed by atoms with Gasteiger partial charge in [-0.15, -0.1) is 0 Å². The molecule has 2 unspecified atom stereocenters. The van der Waals surface area contributed by atoms with Crippen LogP contribution >= 0.6 is 0 Å². The van der Waals surface area contributed by atoms with E-state index in [1.807, 2.05) is 36.4 Å². The monoisotopic (exact) mass is 315 g/mol. The molecule has 0 saturated heterocycles. The van der Waals surface area contributed by atoms with Crippen LogP contribution in [0.5, 0.6) is 11.5 Å². The first-order chi connectivity index (χ1) is 11.7. The summed E-state index contributed by atoms with van der Waals surface area (Å²) in [5.41, 5.74) is 7.94. The molecule has 3 aromatic carbocycles. The van der Waals surface area contributed by atoms with Crippen LogP contribution in [-0.4, -0.2) is 0 Å². The van der Waals surface area contributed by atoms with Gasteiger partial charge in [-0.05, 0) is 47.9 Å². The molecule has 1 saturated carbocycles. The van der Waals surface area contributed by atoms with Gasteiger partial charge in [0.2, 0.25) is 0 Å². The van der Waals surface area contributed by atoms with Gasteiger partial charge in [-0.1, -0.05) is 55.1 Å². The van der Waals surface area contributed by atoms with Crippen molar-refractivity contribution in [1.82, 2.24) is 0 Å². The van der Waals surface area contributed by atoms with Gasteiger partial charge in [0.25, 0.3) is 0 Å². The first-order valence-corrected chi connectivity index (χ1v) is 8.39. The Hall–Kier alpha value is -2.74. The van der Waals surface area contributed by atoms with Crippen LogP contribution in [0.3, 0.4) is 0 Å². The maximum atomic E-state index is 6.09. The van der Waals surface area contributed by atoms with Gasteiger partial charge < -0.3 is 10.5 Å². The van der Waals surface area contributed by atoms with Gasteiger partial charge in [-0.3, -0.25) is 0 Å². The van der Waals surface area contributed by atoms with E-state index in [0.29, 0.717) is 11.8 Å². The summed E-state index contributed by atoms with van der Waals surface area (Å²) in [7, 11) is 0. The molecule has 1 aliphatic rings. The number of ether oxygens (including phenoxy) is 1. The van der Waals surface area contributed by atoms with Crippen molar-refractivity contribution in [2.24, 2.45) is 17.6 Å². The van der Waals surface area contributed by atoms with Crippen LogP contribution in [0.25, 0.3) is 10.8 Å². The highest BCUT2D eigenvalue weighted by atomic mass is 16.5. The summed E-state index contributed by atoms with van der Waals surface area (Å²) in [5, 5.41) is 2.32. The zero-order valence-corrected chi connectivity index (χ0v) is 13.6. The molecule has 0 heterocycles. The van der Waals surface area contributed by atoms with E-state index < -0.39 is 0 Å². The summed E-state index contributed by atoms with van der Waals surface area (Å²) in [5.74, 6) is 2.93. The second-order valence-corrected chi connectivity index (χ2v) is 6.60. The predicted octanol–water partition coefficient (Wildman–Crippen LogP) is 5.28. The number of allylic oxidation sites excluding steroid dienone is 1. The lowest BCUT2D eigenvalue weighted by atomic mass is 10.1. The Morgan fingerprint density at radius 2 is 1.75 bits per heavy atom. The van der Waals surface area contributed by atoms with Crippen molar-refractivity contribution in [2.45, 2.75) is 12.8 Å². The molecule has 120 valence electrons. The van der Waals surface area contributed by atoms with Crippen molar-refractivity contribution in [3.05, 3.63) is 84.6 Å². The van der Waals surface area contributed by atoms with Crippen LogP contribution in [-0.2, 0) is 6.42 Å². The molecule has 0 spiro atoms. The summed E-state index contributed by atoms with van der Waals surface area (Å²) >= 11 is 0. The van der Waals surface area contributed by atoms with E-state index in [1.165, 1.54) is 17.4 Å². The number of fused-ring (bicyclic) bond motifs is 1. The Kier molecular flexibility index (Phi) is 3.73. The molecule has 0 amide bonds. The second kappa shape index (κ2) is 6.04. The minimum atomic E-state index is 0.511. The minimum Gasteiger partial charge on any atom is -0.457 e. The van der Waals surface area contributed by atoms with Crippen LogP contribution < -0.4 is 10.5 Å². The molecular formula is C22H21NO. The number of benzene rings is 3. The fourth-order valence-corrected chi connectivity index (χ4v) is 3.34. The van der Waals surface area contributed by atoms with Crippen molar-refractivity contribution >= 4 is 10.8 Å². The maximum Gasteiger partial charge on any atom is 0.135 e. The highest BCUT2D eigenvalue weighted by Gasteiger charge is 2.37. The summed E-state index contributed by atoms with van der Waals surface area (Å²) < 4.78 is 6.09. The second-order valence-electron chi connectivity index (χ2n) is 6.60. The van der Waals surface area contributed by atoms with E-state index in [0.717, 1.165) is 29.0 Å². The van der Waals surface area contributed by atoms with Gasteiger partial charge in [-0.25, -0.2) is 0 Å². The predicted molar refractivity (Wildman–Crippen MR) is 99.1 cm³/mol. The van der Waals surface area contributed by atoms with E-state index in [-0.39, 0.29) is 0 Å². The number of nitrogens with two attached hydrogens (primary N) is 1. The first kappa shape index (κ1) is 14.8. The Morgan fingerprint density at radius 1 is 1.00 bits per heavy atom. The van der Waals surface area contributed by atoms with Crippen LogP contribution in [0.4, 0.5) is 0 Å². The van der Waals surface area contributed by atoms with E-state index >= 15 is 0 Å². The van der Waals surface area contributed by atoms with Crippen LogP contribution in [0.1, 0.15) is 12.0 Å². The van der Waals surface area contributed by atoms with E-state index in [2.05, 4.69) is 36.9 Å². The minimum absolute atomic E-state index is 0.511. The average Bonchev–Trinajstić information content (AvgIpc) is 3.37. The first-order valence-electron chi connectivity index (χ1n) is 8.39. The number of rotatable bonds is 5. The zero-order chi connectivity index (χ0) is 16.5. The van der Waals surface area contributed by atoms with E-state index in [4.69, 9.17) is 10.5 Å². The normalized spacial score (nSPS) is 19.2. The Morgan fingerprint density at radius 3 is 2.50 bits per heavy atom. The van der Waals surface area contributed by atoms with Crippen molar-refractivity contribution in [2.75, 3.05) is 0 Å². The smallest absolute Gasteiger partial charge is 0.135 e. The lowest BCUT2D eigenvalue weighted by Gasteiger charge is -2.09. The molecule has 24 heavy (non-hydrogen) atoms. The third kappa shape index (κ3) is 3.00. The van der Waals surface area contributed by atoms with Crippen LogP contribution in [0.2, 0.25) is 0 Å². The molecule has 0 aromatic heterocycles. The molecule has 0 bridgehead atoms. The Bertz CT molecular complexity index is 877. The maximum absolute atomic E-state index is 6.09. The highest BCUT2D eigenvalue weighted by molar-refractivity contribution is 5.88. The largest absolute Gasteiger partial charge is 0.457 e. The van der Waals surface area contributed by atoms with Crippen molar-refractivity contribution < 1.29 is 4.74 Å². The Labute approximate surface area is 142 Å². The van der Waals surface area contributed by atoms with E-state index in [9.17, 15) is 0 Å². The van der Waals surface area contributed by atoms with Crippen LogP contribution in [0.15, 0.2) is 79.0 Å². The summed E-state index contributed by atoms with van der Waals surface area (Å²) in [4.78, 5) is 0. The van der Waals surface area contributed by atoms with Gasteiger partial charge in [0.15, 0.2) is 0 Å². The average molecular weight is 315 g/mol. The molecule has 2 N–H and O–H groups in total. The molecule has 0 radical (unpaired) electrons. The third-order valence-electron chi connectivity index (χ3n) is 4.80. The summed E-state index contributed by atoms with van der Waals surface area (Å²) in [6.45, 7) is 3.85. The quantitative estimate of drug-likeness (QED) is 0.695. The topological polar surface area (TPSA) is 35.2 Å². The molecule has 2 heteroatoms. The molecule has 2 atom stereocenters. The molecule has 1 fully saturated rings. The van der Waals surface area contributed by atoms with Gasteiger partial charge in [0.05, 0.1) is 0 Å².